The largest absolute Gasteiger partial charge is 0.472 e. The van der Waals surface area contributed by atoms with Crippen LogP contribution in [0, 0.1) is 0 Å². The van der Waals surface area contributed by atoms with Crippen LogP contribution in [0.5, 0.6) is 0 Å². The highest BCUT2D eigenvalue weighted by atomic mass is 31.2. The van der Waals surface area contributed by atoms with Crippen molar-refractivity contribution in [2.75, 3.05) is 33.0 Å². The summed E-state index contributed by atoms with van der Waals surface area (Å²) >= 11 is 0. The number of allylic oxidation sites excluding steroid dienone is 16. The Labute approximate surface area is 353 Å². The van der Waals surface area contributed by atoms with E-state index < -0.39 is 45.8 Å². The Hall–Kier alpha value is -2.62. The van der Waals surface area contributed by atoms with E-state index in [2.05, 4.69) is 111 Å². The first-order valence-corrected chi connectivity index (χ1v) is 23.7. The molecule has 0 aliphatic heterocycles. The van der Waals surface area contributed by atoms with Crippen LogP contribution in [0.2, 0.25) is 0 Å². The number of hydrogen-bond acceptors (Lipinski definition) is 8. The van der Waals surface area contributed by atoms with Crippen LogP contribution in [-0.4, -0.2) is 66.3 Å². The van der Waals surface area contributed by atoms with Gasteiger partial charge in [0.05, 0.1) is 26.4 Å². The van der Waals surface area contributed by atoms with Crippen LogP contribution in [-0.2, 0) is 27.9 Å². The SMILES string of the molecule is CC/C=C\C/C=C\C/C=C\C/C=C\C/C=C\C/C=C\CCCCCOCC(COP(=O)(O)OCC(O)CO)OC(=O)CCCCCCC/C=C\C/C=C\CCCCC. The molecule has 10 heteroatoms. The fourth-order valence-corrected chi connectivity index (χ4v) is 6.18. The Morgan fingerprint density at radius 2 is 0.983 bits per heavy atom. The molecule has 0 aliphatic rings. The van der Waals surface area contributed by atoms with Crippen molar-refractivity contribution in [2.24, 2.45) is 0 Å². The van der Waals surface area contributed by atoms with Gasteiger partial charge in [-0.25, -0.2) is 4.57 Å². The first-order valence-electron chi connectivity index (χ1n) is 22.2. The predicted molar refractivity (Wildman–Crippen MR) is 242 cm³/mol. The van der Waals surface area contributed by atoms with Crippen LogP contribution in [0.4, 0.5) is 0 Å². The molecule has 0 amide bonds. The number of carbonyl (C=O) groups is 1. The number of rotatable bonds is 41. The maximum atomic E-state index is 12.6. The Morgan fingerprint density at radius 1 is 0.552 bits per heavy atom. The number of aliphatic hydroxyl groups excluding tert-OH is 2. The average Bonchev–Trinajstić information content (AvgIpc) is 3.21. The van der Waals surface area contributed by atoms with Crippen molar-refractivity contribution in [1.29, 1.82) is 0 Å². The number of phosphoric acid groups is 1. The molecule has 3 atom stereocenters. The van der Waals surface area contributed by atoms with Crippen molar-refractivity contribution in [3.63, 3.8) is 0 Å². The lowest BCUT2D eigenvalue weighted by Gasteiger charge is -2.20. The van der Waals surface area contributed by atoms with E-state index >= 15 is 0 Å². The lowest BCUT2D eigenvalue weighted by atomic mass is 10.1. The van der Waals surface area contributed by atoms with Gasteiger partial charge in [0.1, 0.15) is 12.2 Å². The standard InChI is InChI=1S/C48H81O9P/c1-3-5-7-9-11-13-15-17-19-20-21-22-23-24-25-27-29-31-33-35-37-39-41-54-44-47(45-56-58(52,53)55-43-46(50)42-49)57-48(51)40-38-36-34-32-30-28-26-18-16-14-12-10-8-6-4-2/h5,7,11-14,17-19,21-22,24-26,29,31,46-47,49-50H,3-4,6,8-10,15-16,20,23,27-28,30,32-45H2,1-2H3,(H,52,53)/b7-5-,13-11-,14-12-,19-17-,22-21-,25-24-,26-18-,31-29-. The summed E-state index contributed by atoms with van der Waals surface area (Å²) in [6.45, 7) is 3.24. The van der Waals surface area contributed by atoms with Crippen LogP contribution in [0.3, 0.4) is 0 Å². The summed E-state index contributed by atoms with van der Waals surface area (Å²) < 4.78 is 33.3. The summed E-state index contributed by atoms with van der Waals surface area (Å²) in [5, 5.41) is 18.4. The molecule has 0 bridgehead atoms. The third-order valence-electron chi connectivity index (χ3n) is 8.75. The average molecular weight is 833 g/mol. The van der Waals surface area contributed by atoms with Crippen molar-refractivity contribution < 1.29 is 43.0 Å². The fourth-order valence-electron chi connectivity index (χ4n) is 5.39. The first kappa shape index (κ1) is 55.4. The van der Waals surface area contributed by atoms with Crippen LogP contribution in [0.15, 0.2) is 97.2 Å². The Kier molecular flexibility index (Phi) is 42.0. The third kappa shape index (κ3) is 43.0. The molecule has 0 rings (SSSR count). The number of hydrogen-bond donors (Lipinski definition) is 3. The van der Waals surface area contributed by atoms with E-state index in [0.29, 0.717) is 13.0 Å². The Morgan fingerprint density at radius 3 is 1.48 bits per heavy atom. The third-order valence-corrected chi connectivity index (χ3v) is 9.70. The molecule has 0 aromatic carbocycles. The second kappa shape index (κ2) is 43.9. The van der Waals surface area contributed by atoms with Crippen molar-refractivity contribution in [2.45, 2.75) is 167 Å². The molecule has 0 saturated carbocycles. The monoisotopic (exact) mass is 833 g/mol. The molecule has 0 aromatic heterocycles. The van der Waals surface area contributed by atoms with Gasteiger partial charge in [-0.2, -0.15) is 0 Å². The number of unbranched alkanes of at least 4 members (excludes halogenated alkanes) is 11. The van der Waals surface area contributed by atoms with Crippen LogP contribution >= 0.6 is 7.82 Å². The highest BCUT2D eigenvalue weighted by Crippen LogP contribution is 2.43. The predicted octanol–water partition coefficient (Wildman–Crippen LogP) is 12.5. The fraction of sp³-hybridized carbons (Fsp3) is 0.646. The van der Waals surface area contributed by atoms with E-state index in [1.54, 1.807) is 0 Å². The van der Waals surface area contributed by atoms with Gasteiger partial charge in [0.2, 0.25) is 0 Å². The van der Waals surface area contributed by atoms with Crippen molar-refractivity contribution in [3.8, 4) is 0 Å². The van der Waals surface area contributed by atoms with Gasteiger partial charge < -0.3 is 24.6 Å². The summed E-state index contributed by atoms with van der Waals surface area (Å²) in [6, 6.07) is 0. The van der Waals surface area contributed by atoms with Crippen molar-refractivity contribution >= 4 is 13.8 Å². The molecule has 0 radical (unpaired) electrons. The van der Waals surface area contributed by atoms with Crippen LogP contribution < -0.4 is 0 Å². The number of ether oxygens (including phenoxy) is 2. The normalized spacial score (nSPS) is 14.9. The number of phosphoric ester groups is 1. The van der Waals surface area contributed by atoms with Gasteiger partial charge in [-0.3, -0.25) is 13.8 Å². The molecule has 3 N–H and O–H groups in total. The molecule has 0 spiro atoms. The molecule has 0 aliphatic carbocycles. The molecule has 332 valence electrons. The zero-order chi connectivity index (χ0) is 42.5. The summed E-state index contributed by atoms with van der Waals surface area (Å²) in [5.74, 6) is -0.413. The van der Waals surface area contributed by atoms with E-state index in [9.17, 15) is 19.4 Å². The minimum atomic E-state index is -4.54. The quantitative estimate of drug-likeness (QED) is 0.0238. The smallest absolute Gasteiger partial charge is 0.457 e. The number of carbonyl (C=O) groups excluding carboxylic acids is 1. The van der Waals surface area contributed by atoms with Gasteiger partial charge in [0.15, 0.2) is 0 Å². The zero-order valence-electron chi connectivity index (χ0n) is 36.2. The minimum Gasteiger partial charge on any atom is -0.457 e. The summed E-state index contributed by atoms with van der Waals surface area (Å²) in [7, 11) is -4.54. The molecule has 58 heavy (non-hydrogen) atoms. The molecule has 3 unspecified atom stereocenters. The van der Waals surface area contributed by atoms with Gasteiger partial charge in [-0.1, -0.05) is 150 Å². The molecule has 0 fully saturated rings. The number of aliphatic hydroxyl groups is 2. The maximum absolute atomic E-state index is 12.6. The maximum Gasteiger partial charge on any atom is 0.472 e. The second-order valence-corrected chi connectivity index (χ2v) is 15.8. The summed E-state index contributed by atoms with van der Waals surface area (Å²) in [5.41, 5.74) is 0. The Bertz CT molecular complexity index is 1220. The summed E-state index contributed by atoms with van der Waals surface area (Å²) in [4.78, 5) is 22.6. The minimum absolute atomic E-state index is 0.0142. The van der Waals surface area contributed by atoms with Gasteiger partial charge in [-0.05, 0) is 96.3 Å². The second-order valence-electron chi connectivity index (χ2n) is 14.3. The highest BCUT2D eigenvalue weighted by Gasteiger charge is 2.26. The molecule has 0 saturated heterocycles. The molecular weight excluding hydrogens is 751 g/mol. The van der Waals surface area contributed by atoms with E-state index in [1.807, 2.05) is 0 Å². The van der Waals surface area contributed by atoms with Gasteiger partial charge in [0, 0.05) is 13.0 Å². The molecule has 9 nitrogen and oxygen atoms in total. The van der Waals surface area contributed by atoms with Crippen LogP contribution in [0.25, 0.3) is 0 Å². The first-order chi connectivity index (χ1) is 28.3. The van der Waals surface area contributed by atoms with Crippen LogP contribution in [0.1, 0.15) is 155 Å². The zero-order valence-corrected chi connectivity index (χ0v) is 37.1. The highest BCUT2D eigenvalue weighted by molar-refractivity contribution is 7.47. The van der Waals surface area contributed by atoms with E-state index in [0.717, 1.165) is 103 Å². The molecule has 0 aromatic rings. The molecule has 0 heterocycles. The molecular formula is C48H81O9P. The Balaban J connectivity index is 4.28. The topological polar surface area (TPSA) is 132 Å². The van der Waals surface area contributed by atoms with E-state index in [4.69, 9.17) is 23.6 Å². The van der Waals surface area contributed by atoms with Gasteiger partial charge in [0.25, 0.3) is 0 Å². The van der Waals surface area contributed by atoms with Crippen molar-refractivity contribution in [1.82, 2.24) is 0 Å². The number of esters is 1. The summed E-state index contributed by atoms with van der Waals surface area (Å²) in [6.07, 6.45) is 55.1. The van der Waals surface area contributed by atoms with E-state index in [1.165, 1.54) is 25.7 Å². The lowest BCUT2D eigenvalue weighted by Crippen LogP contribution is -2.29. The van der Waals surface area contributed by atoms with Crippen molar-refractivity contribution in [3.05, 3.63) is 97.2 Å². The van der Waals surface area contributed by atoms with Gasteiger partial charge in [-0.15, -0.1) is 0 Å². The van der Waals surface area contributed by atoms with Gasteiger partial charge >= 0.3 is 13.8 Å². The lowest BCUT2D eigenvalue weighted by molar-refractivity contribution is -0.154. The van der Waals surface area contributed by atoms with E-state index in [-0.39, 0.29) is 13.0 Å².